The van der Waals surface area contributed by atoms with Crippen LogP contribution in [0.25, 0.3) is 21.5 Å². The lowest BCUT2D eigenvalue weighted by Gasteiger charge is -2.30. The molecular formula is C21H19N. The fourth-order valence-electron chi connectivity index (χ4n) is 3.39. The number of hydrogen-bond acceptors (Lipinski definition) is 1. The summed E-state index contributed by atoms with van der Waals surface area (Å²) in [5.74, 6) is 0. The molecule has 0 radical (unpaired) electrons. The Labute approximate surface area is 131 Å². The zero-order valence-electron chi connectivity index (χ0n) is 12.7. The van der Waals surface area contributed by atoms with E-state index in [2.05, 4.69) is 90.8 Å². The average molecular weight is 285 g/mol. The Morgan fingerprint density at radius 3 is 2.09 bits per heavy atom. The number of benzene rings is 3. The second-order valence-corrected chi connectivity index (χ2v) is 5.89. The Morgan fingerprint density at radius 2 is 1.50 bits per heavy atom. The molecule has 0 aliphatic heterocycles. The van der Waals surface area contributed by atoms with E-state index in [1.807, 2.05) is 0 Å². The molecule has 0 N–H and O–H groups in total. The molecule has 1 atom stereocenters. The zero-order chi connectivity index (χ0) is 14.9. The first kappa shape index (κ1) is 13.1. The molecule has 0 aromatic heterocycles. The van der Waals surface area contributed by atoms with Gasteiger partial charge in [-0.15, -0.1) is 0 Å². The largest absolute Gasteiger partial charge is 0.367 e. The van der Waals surface area contributed by atoms with E-state index < -0.39 is 0 Å². The van der Waals surface area contributed by atoms with Crippen molar-refractivity contribution in [3.63, 3.8) is 0 Å². The van der Waals surface area contributed by atoms with Gasteiger partial charge in [-0.2, -0.15) is 0 Å². The normalized spacial score (nSPS) is 17.2. The van der Waals surface area contributed by atoms with Crippen LogP contribution in [0.5, 0.6) is 0 Å². The Hall–Kier alpha value is -2.54. The van der Waals surface area contributed by atoms with Crippen molar-refractivity contribution in [2.75, 3.05) is 11.9 Å². The minimum atomic E-state index is 0.416. The van der Waals surface area contributed by atoms with Gasteiger partial charge in [0, 0.05) is 17.8 Å². The Morgan fingerprint density at radius 1 is 0.864 bits per heavy atom. The lowest BCUT2D eigenvalue weighted by Crippen LogP contribution is -2.30. The maximum Gasteiger partial charge on any atom is 0.0528 e. The molecule has 0 heterocycles. The van der Waals surface area contributed by atoms with Crippen LogP contribution < -0.4 is 4.90 Å². The maximum atomic E-state index is 2.42. The molecule has 0 spiro atoms. The van der Waals surface area contributed by atoms with Gasteiger partial charge < -0.3 is 4.90 Å². The third-order valence-electron chi connectivity index (χ3n) is 4.55. The molecule has 0 saturated carbocycles. The van der Waals surface area contributed by atoms with E-state index in [0.29, 0.717) is 6.04 Å². The fourth-order valence-corrected chi connectivity index (χ4v) is 3.39. The number of nitrogens with zero attached hydrogens (tertiary/aromatic N) is 1. The fraction of sp³-hybridized carbons (Fsp3) is 0.143. The van der Waals surface area contributed by atoms with Crippen molar-refractivity contribution in [1.29, 1.82) is 0 Å². The monoisotopic (exact) mass is 285 g/mol. The smallest absolute Gasteiger partial charge is 0.0528 e. The summed E-state index contributed by atoms with van der Waals surface area (Å²) < 4.78 is 0. The summed E-state index contributed by atoms with van der Waals surface area (Å²) in [7, 11) is 2.21. The minimum Gasteiger partial charge on any atom is -0.367 e. The number of fused-ring (bicyclic) bond motifs is 2. The lowest BCUT2D eigenvalue weighted by molar-refractivity contribution is 0.758. The molecule has 22 heavy (non-hydrogen) atoms. The van der Waals surface area contributed by atoms with Gasteiger partial charge in [0.15, 0.2) is 0 Å². The van der Waals surface area contributed by atoms with E-state index in [9.17, 15) is 0 Å². The van der Waals surface area contributed by atoms with E-state index >= 15 is 0 Å². The van der Waals surface area contributed by atoms with Crippen LogP contribution in [0.1, 0.15) is 6.42 Å². The molecule has 3 aromatic carbocycles. The Bertz CT molecular complexity index is 835. The van der Waals surface area contributed by atoms with Crippen LogP contribution in [0.15, 0.2) is 78.9 Å². The van der Waals surface area contributed by atoms with Crippen molar-refractivity contribution >= 4 is 27.2 Å². The van der Waals surface area contributed by atoms with Gasteiger partial charge in [0.25, 0.3) is 0 Å². The van der Waals surface area contributed by atoms with Gasteiger partial charge in [-0.05, 0) is 23.3 Å². The summed E-state index contributed by atoms with van der Waals surface area (Å²) in [6, 6.07) is 20.1. The Balaban J connectivity index is 1.99. The molecule has 0 bridgehead atoms. The number of hydrogen-bond donors (Lipinski definition) is 0. The van der Waals surface area contributed by atoms with E-state index in [1.54, 1.807) is 0 Å². The van der Waals surface area contributed by atoms with Gasteiger partial charge in [-0.1, -0.05) is 72.8 Å². The van der Waals surface area contributed by atoms with E-state index in [1.165, 1.54) is 27.2 Å². The highest BCUT2D eigenvalue weighted by Crippen LogP contribution is 2.36. The molecule has 0 fully saturated rings. The maximum absolute atomic E-state index is 2.42. The molecule has 1 heteroatoms. The van der Waals surface area contributed by atoms with Crippen molar-refractivity contribution in [2.45, 2.75) is 12.5 Å². The quantitative estimate of drug-likeness (QED) is 0.576. The minimum absolute atomic E-state index is 0.416. The molecule has 1 aliphatic rings. The third-order valence-corrected chi connectivity index (χ3v) is 4.55. The van der Waals surface area contributed by atoms with Crippen LogP contribution in [0, 0.1) is 0 Å². The predicted octanol–water partition coefficient (Wildman–Crippen LogP) is 5.31. The second kappa shape index (κ2) is 5.34. The first-order chi connectivity index (χ1) is 10.8. The summed E-state index contributed by atoms with van der Waals surface area (Å²) >= 11 is 0. The first-order valence-corrected chi connectivity index (χ1v) is 7.81. The standard InChI is InChI=1S/C21H19N/c1-22(18-11-3-2-4-12-18)21-19-13-7-5-9-16(19)15-17-10-6-8-14-20(17)21/h2-11,13-15,18H,12H2,1H3. The van der Waals surface area contributed by atoms with Crippen molar-refractivity contribution in [3.8, 4) is 0 Å². The number of allylic oxidation sites excluding steroid dienone is 2. The van der Waals surface area contributed by atoms with Crippen molar-refractivity contribution in [3.05, 3.63) is 78.9 Å². The van der Waals surface area contributed by atoms with Gasteiger partial charge in [-0.25, -0.2) is 0 Å². The molecule has 108 valence electrons. The van der Waals surface area contributed by atoms with Crippen LogP contribution in [0.3, 0.4) is 0 Å². The summed E-state index contributed by atoms with van der Waals surface area (Å²) in [4.78, 5) is 2.42. The van der Waals surface area contributed by atoms with Crippen molar-refractivity contribution < 1.29 is 0 Å². The van der Waals surface area contributed by atoms with Gasteiger partial charge in [-0.3, -0.25) is 0 Å². The van der Waals surface area contributed by atoms with Crippen LogP contribution in [-0.2, 0) is 0 Å². The van der Waals surface area contributed by atoms with Crippen molar-refractivity contribution in [1.82, 2.24) is 0 Å². The molecule has 3 aromatic rings. The summed E-state index contributed by atoms with van der Waals surface area (Å²) in [6.07, 6.45) is 9.87. The topological polar surface area (TPSA) is 3.24 Å². The molecule has 0 saturated heterocycles. The highest BCUT2D eigenvalue weighted by Gasteiger charge is 2.17. The van der Waals surface area contributed by atoms with Gasteiger partial charge in [0.1, 0.15) is 0 Å². The summed E-state index contributed by atoms with van der Waals surface area (Å²) in [5, 5.41) is 5.26. The molecule has 4 rings (SSSR count). The van der Waals surface area contributed by atoms with E-state index in [0.717, 1.165) is 6.42 Å². The van der Waals surface area contributed by atoms with Gasteiger partial charge in [0.05, 0.1) is 11.7 Å². The average Bonchev–Trinajstić information content (AvgIpc) is 2.60. The number of rotatable bonds is 2. The van der Waals surface area contributed by atoms with Crippen LogP contribution >= 0.6 is 0 Å². The van der Waals surface area contributed by atoms with Crippen LogP contribution in [-0.4, -0.2) is 13.1 Å². The summed E-state index contributed by atoms with van der Waals surface area (Å²) in [5.41, 5.74) is 1.33. The highest BCUT2D eigenvalue weighted by atomic mass is 15.1. The van der Waals surface area contributed by atoms with Crippen molar-refractivity contribution in [2.24, 2.45) is 0 Å². The third kappa shape index (κ3) is 2.10. The number of likely N-dealkylation sites (N-methyl/N-ethyl adjacent to an activating group) is 1. The molecule has 1 unspecified atom stereocenters. The SMILES string of the molecule is CN(c1c2ccccc2cc2ccccc12)C1C=CC=CC1. The Kier molecular flexibility index (Phi) is 3.19. The van der Waals surface area contributed by atoms with Gasteiger partial charge >= 0.3 is 0 Å². The van der Waals surface area contributed by atoms with Crippen LogP contribution in [0.2, 0.25) is 0 Å². The predicted molar refractivity (Wildman–Crippen MR) is 96.5 cm³/mol. The molecule has 0 amide bonds. The highest BCUT2D eigenvalue weighted by molar-refractivity contribution is 6.11. The first-order valence-electron chi connectivity index (χ1n) is 7.81. The van der Waals surface area contributed by atoms with Crippen LogP contribution in [0.4, 0.5) is 5.69 Å². The summed E-state index contributed by atoms with van der Waals surface area (Å²) in [6.45, 7) is 0. The molecular weight excluding hydrogens is 266 g/mol. The second-order valence-electron chi connectivity index (χ2n) is 5.89. The molecule has 1 nitrogen and oxygen atoms in total. The van der Waals surface area contributed by atoms with E-state index in [-0.39, 0.29) is 0 Å². The molecule has 1 aliphatic carbocycles. The van der Waals surface area contributed by atoms with E-state index in [4.69, 9.17) is 0 Å². The van der Waals surface area contributed by atoms with Gasteiger partial charge in [0.2, 0.25) is 0 Å². The number of anilines is 1. The zero-order valence-corrected chi connectivity index (χ0v) is 12.7. The lowest BCUT2D eigenvalue weighted by atomic mass is 9.98.